The van der Waals surface area contributed by atoms with Crippen molar-refractivity contribution in [1.82, 2.24) is 10.2 Å². The third kappa shape index (κ3) is 5.69. The molecule has 2 N–H and O–H groups in total. The smallest absolute Gasteiger partial charge is 0.319 e. The van der Waals surface area contributed by atoms with Crippen molar-refractivity contribution in [3.8, 4) is 11.5 Å². The van der Waals surface area contributed by atoms with Crippen molar-refractivity contribution >= 4 is 17.4 Å². The molecule has 7 nitrogen and oxygen atoms in total. The molecule has 39 heavy (non-hydrogen) atoms. The van der Waals surface area contributed by atoms with Gasteiger partial charge in [-0.2, -0.15) is 0 Å². The molecule has 1 aliphatic carbocycles. The Bertz CT molecular complexity index is 1260. The molecule has 2 aliphatic rings. The topological polar surface area (TPSA) is 66.1 Å². The summed E-state index contributed by atoms with van der Waals surface area (Å²) in [5, 5.41) is 6.30. The van der Waals surface area contributed by atoms with Gasteiger partial charge in [0.25, 0.3) is 0 Å². The van der Waals surface area contributed by atoms with Crippen LogP contribution in [0.4, 0.5) is 16.2 Å². The van der Waals surface area contributed by atoms with Crippen LogP contribution in [0.5, 0.6) is 11.5 Å². The quantitative estimate of drug-likeness (QED) is 0.395. The van der Waals surface area contributed by atoms with E-state index in [9.17, 15) is 4.79 Å². The predicted octanol–water partition coefficient (Wildman–Crippen LogP) is 5.66. The van der Waals surface area contributed by atoms with Crippen LogP contribution in [0, 0.1) is 0 Å². The Hall–Kier alpha value is -3.71. The normalized spacial score (nSPS) is 22.6. The number of likely N-dealkylation sites (tertiary alicyclic amines) is 1. The standard InChI is InChI=1S/C32H40N4O3/c1-35(2)27-13-11-25(12-14-27)33-31(37)34-26-16-17-32(24-10-15-28(38-3)29(20-24)39-4)18-19-36(30(32)21-26)22-23-8-6-5-7-9-23/h5-15,20,26,30H,16-19,21-22H2,1-4H3,(H2,33,34,37). The van der Waals surface area contributed by atoms with Gasteiger partial charge in [-0.25, -0.2) is 4.79 Å². The van der Waals surface area contributed by atoms with Crippen molar-refractivity contribution in [3.63, 3.8) is 0 Å². The van der Waals surface area contributed by atoms with E-state index in [4.69, 9.17) is 9.47 Å². The number of anilines is 2. The van der Waals surface area contributed by atoms with Crippen molar-refractivity contribution in [2.24, 2.45) is 0 Å². The number of amides is 2. The second-order valence-electron chi connectivity index (χ2n) is 11.0. The average molecular weight is 529 g/mol. The number of carbonyl (C=O) groups is 1. The van der Waals surface area contributed by atoms with Crippen molar-refractivity contribution in [3.05, 3.63) is 83.9 Å². The third-order valence-electron chi connectivity index (χ3n) is 8.53. The number of carbonyl (C=O) groups excluding carboxylic acids is 1. The van der Waals surface area contributed by atoms with Crippen LogP contribution in [0.3, 0.4) is 0 Å². The van der Waals surface area contributed by atoms with Crippen LogP contribution < -0.4 is 25.0 Å². The molecule has 1 saturated heterocycles. The van der Waals surface area contributed by atoms with E-state index in [0.717, 1.165) is 61.6 Å². The van der Waals surface area contributed by atoms with Crippen LogP contribution in [0.15, 0.2) is 72.8 Å². The number of fused-ring (bicyclic) bond motifs is 1. The predicted molar refractivity (Wildman–Crippen MR) is 157 cm³/mol. The summed E-state index contributed by atoms with van der Waals surface area (Å²) in [5.41, 5.74) is 4.50. The Morgan fingerprint density at radius 3 is 2.41 bits per heavy atom. The lowest BCUT2D eigenvalue weighted by Crippen LogP contribution is -2.52. The molecule has 0 bridgehead atoms. The molecule has 3 aromatic carbocycles. The number of benzene rings is 3. The number of rotatable bonds is 8. The fraction of sp³-hybridized carbons (Fsp3) is 0.406. The highest BCUT2D eigenvalue weighted by Crippen LogP contribution is 2.50. The van der Waals surface area contributed by atoms with E-state index in [1.165, 1.54) is 11.1 Å². The molecule has 2 fully saturated rings. The number of hydrogen-bond acceptors (Lipinski definition) is 5. The Morgan fingerprint density at radius 1 is 0.974 bits per heavy atom. The first-order valence-corrected chi connectivity index (χ1v) is 13.8. The third-order valence-corrected chi connectivity index (χ3v) is 8.53. The molecular weight excluding hydrogens is 488 g/mol. The zero-order valence-corrected chi connectivity index (χ0v) is 23.4. The summed E-state index contributed by atoms with van der Waals surface area (Å²) in [6.07, 6.45) is 3.91. The lowest BCUT2D eigenvalue weighted by atomic mass is 9.65. The van der Waals surface area contributed by atoms with Gasteiger partial charge in [0.2, 0.25) is 0 Å². The first-order chi connectivity index (χ1) is 18.9. The minimum absolute atomic E-state index is 0.00496. The maximum Gasteiger partial charge on any atom is 0.319 e. The van der Waals surface area contributed by atoms with E-state index in [2.05, 4.69) is 58.0 Å². The van der Waals surface area contributed by atoms with Gasteiger partial charge in [-0.15, -0.1) is 0 Å². The van der Waals surface area contributed by atoms with E-state index >= 15 is 0 Å². The van der Waals surface area contributed by atoms with Crippen molar-refractivity contribution < 1.29 is 14.3 Å². The fourth-order valence-corrected chi connectivity index (χ4v) is 6.46. The minimum Gasteiger partial charge on any atom is -0.493 e. The first-order valence-electron chi connectivity index (χ1n) is 13.8. The summed E-state index contributed by atoms with van der Waals surface area (Å²) in [6, 6.07) is 25.2. The molecule has 1 heterocycles. The lowest BCUT2D eigenvalue weighted by molar-refractivity contribution is 0.131. The molecule has 206 valence electrons. The van der Waals surface area contributed by atoms with Gasteiger partial charge in [-0.3, -0.25) is 4.90 Å². The van der Waals surface area contributed by atoms with Gasteiger partial charge in [-0.05, 0) is 79.8 Å². The van der Waals surface area contributed by atoms with Gasteiger partial charge in [0.1, 0.15) is 0 Å². The van der Waals surface area contributed by atoms with Gasteiger partial charge < -0.3 is 25.0 Å². The van der Waals surface area contributed by atoms with Crippen LogP contribution in [-0.2, 0) is 12.0 Å². The van der Waals surface area contributed by atoms with Crippen LogP contribution >= 0.6 is 0 Å². The van der Waals surface area contributed by atoms with Gasteiger partial charge >= 0.3 is 6.03 Å². The Kier molecular flexibility index (Phi) is 7.98. The van der Waals surface area contributed by atoms with Crippen LogP contribution in [0.1, 0.15) is 36.8 Å². The summed E-state index contributed by atoms with van der Waals surface area (Å²) in [4.78, 5) is 17.6. The Morgan fingerprint density at radius 2 is 1.72 bits per heavy atom. The molecular formula is C32H40N4O3. The van der Waals surface area contributed by atoms with Crippen molar-refractivity contribution in [2.45, 2.75) is 49.7 Å². The summed E-state index contributed by atoms with van der Waals surface area (Å²) in [6.45, 7) is 1.92. The number of methoxy groups -OCH3 is 2. The van der Waals surface area contributed by atoms with E-state index in [1.807, 2.05) is 49.3 Å². The SMILES string of the molecule is COc1ccc(C23CCC(NC(=O)Nc4ccc(N(C)C)cc4)CC2N(Cc2ccccc2)CC3)cc1OC. The molecule has 7 heteroatoms. The number of nitrogens with one attached hydrogen (secondary N) is 2. The first kappa shape index (κ1) is 26.9. The van der Waals surface area contributed by atoms with E-state index in [0.29, 0.717) is 6.04 Å². The van der Waals surface area contributed by atoms with Gasteiger partial charge in [0.15, 0.2) is 11.5 Å². The van der Waals surface area contributed by atoms with Crippen molar-refractivity contribution in [1.29, 1.82) is 0 Å². The van der Waals surface area contributed by atoms with Crippen molar-refractivity contribution in [2.75, 3.05) is 45.1 Å². The maximum absolute atomic E-state index is 13.0. The average Bonchev–Trinajstić information content (AvgIpc) is 3.32. The molecule has 3 aromatic rings. The van der Waals surface area contributed by atoms with E-state index in [1.54, 1.807) is 14.2 Å². The minimum atomic E-state index is -0.149. The highest BCUT2D eigenvalue weighted by molar-refractivity contribution is 5.89. The van der Waals surface area contributed by atoms with E-state index < -0.39 is 0 Å². The molecule has 3 unspecified atom stereocenters. The number of hydrogen-bond donors (Lipinski definition) is 2. The number of nitrogens with zero attached hydrogens (tertiary/aromatic N) is 2. The molecule has 1 aliphatic heterocycles. The van der Waals surface area contributed by atoms with Gasteiger partial charge in [0, 0.05) is 49.5 Å². The monoisotopic (exact) mass is 528 g/mol. The summed E-state index contributed by atoms with van der Waals surface area (Å²) < 4.78 is 11.2. The molecule has 0 spiro atoms. The largest absolute Gasteiger partial charge is 0.493 e. The molecule has 1 saturated carbocycles. The number of urea groups is 1. The Balaban J connectivity index is 1.35. The fourth-order valence-electron chi connectivity index (χ4n) is 6.46. The zero-order chi connectivity index (χ0) is 27.4. The second-order valence-corrected chi connectivity index (χ2v) is 11.0. The molecule has 0 radical (unpaired) electrons. The molecule has 3 atom stereocenters. The number of ether oxygens (including phenoxy) is 2. The van der Waals surface area contributed by atoms with E-state index in [-0.39, 0.29) is 17.5 Å². The lowest BCUT2D eigenvalue weighted by Gasteiger charge is -2.45. The van der Waals surface area contributed by atoms with Crippen LogP contribution in [0.2, 0.25) is 0 Å². The van der Waals surface area contributed by atoms with Gasteiger partial charge in [-0.1, -0.05) is 36.4 Å². The highest BCUT2D eigenvalue weighted by atomic mass is 16.5. The second kappa shape index (κ2) is 11.6. The Labute approximate surface area is 232 Å². The molecule has 0 aromatic heterocycles. The summed E-state index contributed by atoms with van der Waals surface area (Å²) in [7, 11) is 7.38. The summed E-state index contributed by atoms with van der Waals surface area (Å²) in [5.74, 6) is 1.52. The highest BCUT2D eigenvalue weighted by Gasteiger charge is 2.51. The summed E-state index contributed by atoms with van der Waals surface area (Å²) >= 11 is 0. The zero-order valence-electron chi connectivity index (χ0n) is 23.4. The van der Waals surface area contributed by atoms with Crippen LogP contribution in [-0.4, -0.2) is 57.9 Å². The molecule has 5 rings (SSSR count). The maximum atomic E-state index is 13.0. The molecule has 2 amide bonds. The van der Waals surface area contributed by atoms with Crippen LogP contribution in [0.25, 0.3) is 0 Å². The van der Waals surface area contributed by atoms with Gasteiger partial charge in [0.05, 0.1) is 14.2 Å².